The highest BCUT2D eigenvalue weighted by atomic mass is 19.1. The smallest absolute Gasteiger partial charge is 0.280 e. The van der Waals surface area contributed by atoms with E-state index >= 15 is 0 Å². The molecule has 7 heteroatoms. The molecule has 1 N–H and O–H groups in total. The zero-order chi connectivity index (χ0) is 21.7. The third kappa shape index (κ3) is 3.06. The Balaban J connectivity index is 1.75. The van der Waals surface area contributed by atoms with E-state index in [0.717, 1.165) is 22.9 Å². The fourth-order valence-electron chi connectivity index (χ4n) is 3.83. The van der Waals surface area contributed by atoms with Gasteiger partial charge in [-0.2, -0.15) is 0 Å². The van der Waals surface area contributed by atoms with E-state index in [9.17, 15) is 13.6 Å². The van der Waals surface area contributed by atoms with Gasteiger partial charge in [-0.3, -0.25) is 9.89 Å². The Labute approximate surface area is 175 Å². The van der Waals surface area contributed by atoms with Crippen molar-refractivity contribution < 1.29 is 13.5 Å². The number of rotatable bonds is 3. The summed E-state index contributed by atoms with van der Waals surface area (Å²) in [5.74, 6) is -0.638. The normalized spacial score (nSPS) is 11.4. The molecule has 0 atom stereocenters. The fourth-order valence-corrected chi connectivity index (χ4v) is 3.83. The Kier molecular flexibility index (Phi) is 4.32. The van der Waals surface area contributed by atoms with E-state index in [1.807, 2.05) is 36.4 Å². The van der Waals surface area contributed by atoms with E-state index in [1.54, 1.807) is 20.1 Å². The topological polar surface area (TPSA) is 59.4 Å². The maximum absolute atomic E-state index is 14.5. The molecule has 5 nitrogen and oxygen atoms in total. The Morgan fingerprint density at radius 2 is 1.71 bits per heavy atom. The first-order valence-electron chi connectivity index (χ1n) is 9.61. The third-order valence-corrected chi connectivity index (χ3v) is 5.37. The predicted molar refractivity (Wildman–Crippen MR) is 115 cm³/mol. The molecule has 2 heterocycles. The number of aromatic amines is 1. The van der Waals surface area contributed by atoms with Crippen molar-refractivity contribution >= 4 is 16.6 Å². The van der Waals surface area contributed by atoms with Crippen LogP contribution in [0, 0.1) is 18.6 Å². The molecular weight excluding hydrogens is 400 g/mol. The van der Waals surface area contributed by atoms with Gasteiger partial charge in [0.05, 0.1) is 18.0 Å². The molecule has 0 aliphatic rings. The number of ether oxygens (including phenoxy) is 1. The highest BCUT2D eigenvalue weighted by Gasteiger charge is 2.19. The van der Waals surface area contributed by atoms with Gasteiger partial charge in [-0.05, 0) is 54.4 Å². The number of H-pyrrole nitrogens is 1. The monoisotopic (exact) mass is 417 g/mol. The number of nitrogens with zero attached hydrogens (tertiary/aromatic N) is 2. The maximum atomic E-state index is 14.5. The first-order chi connectivity index (χ1) is 15.0. The van der Waals surface area contributed by atoms with Crippen LogP contribution in [0.25, 0.3) is 38.8 Å². The summed E-state index contributed by atoms with van der Waals surface area (Å²) < 4.78 is 34.4. The van der Waals surface area contributed by atoms with Gasteiger partial charge < -0.3 is 4.74 Å². The fraction of sp³-hybridized carbons (Fsp3) is 0.0833. The Bertz CT molecular complexity index is 1520. The van der Waals surface area contributed by atoms with Crippen molar-refractivity contribution in [3.63, 3.8) is 0 Å². The summed E-state index contributed by atoms with van der Waals surface area (Å²) >= 11 is 0. The van der Waals surface area contributed by atoms with Crippen LogP contribution in [0.2, 0.25) is 0 Å². The van der Waals surface area contributed by atoms with Gasteiger partial charge in [0.1, 0.15) is 17.4 Å². The van der Waals surface area contributed by atoms with E-state index < -0.39 is 11.6 Å². The standard InChI is InChI=1S/C24H17F2N3O2/c1-13-22(18-10-6-16(25)12-20(18)26)23-27-21-11-15(14-3-7-17(31-2)8-4-14)5-9-19(21)24(30)29(23)28-13/h3-12,28H,1-2H3. The largest absolute Gasteiger partial charge is 0.497 e. The van der Waals surface area contributed by atoms with Gasteiger partial charge in [-0.15, -0.1) is 0 Å². The first kappa shape index (κ1) is 19.0. The molecule has 0 saturated carbocycles. The van der Waals surface area contributed by atoms with Crippen LogP contribution in [-0.4, -0.2) is 21.7 Å². The second-order valence-corrected chi connectivity index (χ2v) is 7.27. The molecule has 3 aromatic carbocycles. The molecular formula is C24H17F2N3O2. The zero-order valence-electron chi connectivity index (χ0n) is 16.7. The van der Waals surface area contributed by atoms with Gasteiger partial charge in [0.2, 0.25) is 0 Å². The van der Waals surface area contributed by atoms with E-state index in [4.69, 9.17) is 4.74 Å². The summed E-state index contributed by atoms with van der Waals surface area (Å²) in [4.78, 5) is 17.7. The minimum absolute atomic E-state index is 0.176. The lowest BCUT2D eigenvalue weighted by molar-refractivity contribution is 0.415. The average Bonchev–Trinajstić information content (AvgIpc) is 3.10. The molecule has 0 amide bonds. The highest BCUT2D eigenvalue weighted by molar-refractivity contribution is 5.88. The van der Waals surface area contributed by atoms with E-state index in [2.05, 4.69) is 10.1 Å². The van der Waals surface area contributed by atoms with Gasteiger partial charge in [-0.25, -0.2) is 18.3 Å². The van der Waals surface area contributed by atoms with E-state index in [0.29, 0.717) is 22.2 Å². The number of halogens is 2. The molecule has 0 aliphatic heterocycles. The number of hydrogen-bond acceptors (Lipinski definition) is 3. The van der Waals surface area contributed by atoms with Crippen LogP contribution < -0.4 is 10.3 Å². The minimum atomic E-state index is -0.717. The van der Waals surface area contributed by atoms with Crippen molar-refractivity contribution in [1.29, 1.82) is 0 Å². The summed E-state index contributed by atoms with van der Waals surface area (Å²) in [6.07, 6.45) is 0. The number of hydrogen-bond donors (Lipinski definition) is 1. The zero-order valence-corrected chi connectivity index (χ0v) is 16.7. The van der Waals surface area contributed by atoms with Crippen LogP contribution in [0.15, 0.2) is 65.5 Å². The van der Waals surface area contributed by atoms with Crippen molar-refractivity contribution in [3.05, 3.63) is 88.3 Å². The van der Waals surface area contributed by atoms with Crippen LogP contribution in [-0.2, 0) is 0 Å². The summed E-state index contributed by atoms with van der Waals surface area (Å²) in [6.45, 7) is 1.72. The second kappa shape index (κ2) is 7.05. The summed E-state index contributed by atoms with van der Waals surface area (Å²) in [7, 11) is 1.61. The molecule has 5 rings (SSSR count). The molecule has 2 aromatic heterocycles. The molecule has 0 saturated heterocycles. The van der Waals surface area contributed by atoms with E-state index in [1.165, 1.54) is 16.6 Å². The molecule has 0 bridgehead atoms. The molecule has 154 valence electrons. The molecule has 0 fully saturated rings. The van der Waals surface area contributed by atoms with Crippen molar-refractivity contribution in [2.75, 3.05) is 7.11 Å². The number of aromatic nitrogens is 3. The lowest BCUT2D eigenvalue weighted by Gasteiger charge is -2.07. The quantitative estimate of drug-likeness (QED) is 0.444. The number of benzene rings is 3. The van der Waals surface area contributed by atoms with Crippen LogP contribution in [0.5, 0.6) is 5.75 Å². The molecule has 0 unspecified atom stereocenters. The van der Waals surface area contributed by atoms with E-state index in [-0.39, 0.29) is 16.8 Å². The SMILES string of the molecule is COc1ccc(-c2ccc3c(=O)n4[nH]c(C)c(-c5ccc(F)cc5F)c4nc3c2)cc1. The van der Waals surface area contributed by atoms with Gasteiger partial charge in [-0.1, -0.05) is 18.2 Å². The summed E-state index contributed by atoms with van der Waals surface area (Å²) in [5, 5.41) is 3.39. The molecule has 0 aliphatic carbocycles. The van der Waals surface area contributed by atoms with Gasteiger partial charge in [0.15, 0.2) is 5.65 Å². The number of fused-ring (bicyclic) bond motifs is 2. The van der Waals surface area contributed by atoms with Crippen LogP contribution >= 0.6 is 0 Å². The van der Waals surface area contributed by atoms with Gasteiger partial charge in [0.25, 0.3) is 5.56 Å². The molecule has 31 heavy (non-hydrogen) atoms. The van der Waals surface area contributed by atoms with Crippen molar-refractivity contribution in [3.8, 4) is 28.0 Å². The van der Waals surface area contributed by atoms with Crippen LogP contribution in [0.1, 0.15) is 5.69 Å². The lowest BCUT2D eigenvalue weighted by Crippen LogP contribution is -2.15. The molecule has 5 aromatic rings. The number of aryl methyl sites for hydroxylation is 1. The molecule has 0 spiro atoms. The number of nitrogens with one attached hydrogen (secondary N) is 1. The Morgan fingerprint density at radius 1 is 0.968 bits per heavy atom. The van der Waals surface area contributed by atoms with Crippen molar-refractivity contribution in [2.24, 2.45) is 0 Å². The average molecular weight is 417 g/mol. The third-order valence-electron chi connectivity index (χ3n) is 5.37. The van der Waals surface area contributed by atoms with Crippen molar-refractivity contribution in [1.82, 2.24) is 14.6 Å². The Morgan fingerprint density at radius 3 is 2.42 bits per heavy atom. The predicted octanol–water partition coefficient (Wildman–Crippen LogP) is 5.11. The second-order valence-electron chi connectivity index (χ2n) is 7.27. The van der Waals surface area contributed by atoms with Crippen molar-refractivity contribution in [2.45, 2.75) is 6.92 Å². The minimum Gasteiger partial charge on any atom is -0.497 e. The lowest BCUT2D eigenvalue weighted by atomic mass is 10.0. The summed E-state index contributed by atoms with van der Waals surface area (Å²) in [5.41, 5.74) is 3.46. The van der Waals surface area contributed by atoms with Gasteiger partial charge in [0, 0.05) is 22.9 Å². The first-order valence-corrected chi connectivity index (χ1v) is 9.61. The Hall–Kier alpha value is -4.00. The van der Waals surface area contributed by atoms with Crippen LogP contribution in [0.4, 0.5) is 8.78 Å². The van der Waals surface area contributed by atoms with Crippen LogP contribution in [0.3, 0.4) is 0 Å². The highest BCUT2D eigenvalue weighted by Crippen LogP contribution is 2.31. The maximum Gasteiger partial charge on any atom is 0.280 e. The number of methoxy groups -OCH3 is 1. The summed E-state index contributed by atoms with van der Waals surface area (Å²) in [6, 6.07) is 16.3. The van der Waals surface area contributed by atoms with Gasteiger partial charge >= 0.3 is 0 Å². The molecule has 0 radical (unpaired) electrons.